The van der Waals surface area contributed by atoms with E-state index in [0.717, 1.165) is 13.0 Å². The van der Waals surface area contributed by atoms with Crippen LogP contribution >= 0.6 is 0 Å². The Labute approximate surface area is 147 Å². The molecule has 2 unspecified atom stereocenters. The van der Waals surface area contributed by atoms with Crippen molar-refractivity contribution in [2.45, 2.75) is 64.7 Å². The summed E-state index contributed by atoms with van der Waals surface area (Å²) in [4.78, 5) is 2.23. The van der Waals surface area contributed by atoms with Gasteiger partial charge in [-0.05, 0) is 12.8 Å². The largest absolute Gasteiger partial charge is 0.327 e. The van der Waals surface area contributed by atoms with E-state index in [2.05, 4.69) is 48.8 Å². The van der Waals surface area contributed by atoms with Crippen LogP contribution in [0.25, 0.3) is 0 Å². The van der Waals surface area contributed by atoms with E-state index in [4.69, 9.17) is 0 Å². The molecule has 132 valence electrons. The van der Waals surface area contributed by atoms with Crippen LogP contribution in [0.5, 0.6) is 0 Å². The quantitative estimate of drug-likeness (QED) is 0.395. The summed E-state index contributed by atoms with van der Waals surface area (Å²) in [5.74, 6) is 0. The first-order chi connectivity index (χ1) is 11.5. The van der Waals surface area contributed by atoms with Crippen molar-refractivity contribution in [1.29, 1.82) is 5.26 Å². The summed E-state index contributed by atoms with van der Waals surface area (Å²) in [5, 5.41) is 9.94. The molecule has 0 spiro atoms. The molecule has 0 aliphatic carbocycles. The maximum Gasteiger partial charge on any atom is 0.325 e. The third-order valence-corrected chi connectivity index (χ3v) is 5.41. The van der Waals surface area contributed by atoms with Crippen LogP contribution in [0.2, 0.25) is 0 Å². The number of nitriles is 1. The van der Waals surface area contributed by atoms with Gasteiger partial charge < -0.3 is 4.90 Å². The molecule has 1 aliphatic rings. The Morgan fingerprint density at radius 3 is 2.50 bits per heavy atom. The van der Waals surface area contributed by atoms with Crippen molar-refractivity contribution in [3.05, 3.63) is 31.1 Å². The third kappa shape index (κ3) is 3.81. The van der Waals surface area contributed by atoms with Gasteiger partial charge in [0, 0.05) is 14.0 Å². The zero-order valence-electron chi connectivity index (χ0n) is 15.7. The predicted molar refractivity (Wildman–Crippen MR) is 95.1 cm³/mol. The summed E-state index contributed by atoms with van der Waals surface area (Å²) in [6, 6.07) is 2.57. The number of rotatable bonds is 9. The number of hydrogen-bond acceptors (Lipinski definition) is 2. The van der Waals surface area contributed by atoms with Gasteiger partial charge in [-0.15, -0.1) is 0 Å². The van der Waals surface area contributed by atoms with Gasteiger partial charge in [0.15, 0.2) is 12.2 Å². The summed E-state index contributed by atoms with van der Waals surface area (Å²) in [5.41, 5.74) is 0. The second kappa shape index (κ2) is 8.34. The molecule has 0 aromatic carbocycles. The molecule has 0 fully saturated rings. The van der Waals surface area contributed by atoms with Gasteiger partial charge in [-0.1, -0.05) is 32.6 Å². The van der Waals surface area contributed by atoms with Crippen LogP contribution < -0.4 is 4.57 Å². The first-order valence-electron chi connectivity index (χ1n) is 9.26. The van der Waals surface area contributed by atoms with Gasteiger partial charge in [-0.25, -0.2) is 9.05 Å². The predicted octanol–water partition coefficient (Wildman–Crippen LogP) is 3.27. The summed E-state index contributed by atoms with van der Waals surface area (Å²) in [7, 11) is 4.10. The van der Waals surface area contributed by atoms with E-state index in [-0.39, 0.29) is 12.3 Å². The number of nitrogens with zero attached hydrogens (tertiary/aromatic N) is 5. The second-order valence-electron chi connectivity index (χ2n) is 7.11. The molecule has 3 atom stereocenters. The van der Waals surface area contributed by atoms with Crippen LogP contribution in [0.1, 0.15) is 58.5 Å². The van der Waals surface area contributed by atoms with Gasteiger partial charge in [0.05, 0.1) is 19.8 Å². The monoisotopic (exact) mass is 331 g/mol. The van der Waals surface area contributed by atoms with Crippen LogP contribution in [0, 0.1) is 11.3 Å². The van der Waals surface area contributed by atoms with Crippen molar-refractivity contribution >= 4 is 0 Å². The SMILES string of the molecule is CCCCCCCC[N@@+]1(C(C#N)n2cc[n+](C)c2)C=CN(C)C1C. The molecule has 0 saturated carbocycles. The normalized spacial score (nSPS) is 24.3. The van der Waals surface area contributed by atoms with Gasteiger partial charge in [0.25, 0.3) is 0 Å². The number of unbranched alkanes of at least 4 members (excludes halogenated alkanes) is 5. The standard InChI is InChI=1S/C19H33N5/c1-5-6-7-8-9-10-14-24(15-13-22(4)18(24)2)19(16-20)23-12-11-21(3)17-23/h11-13,15,17-19H,5-10,14H2,1-4H3/q+2/t18?,19?,24-/m1/s1. The molecule has 0 N–H and O–H groups in total. The molecule has 1 aliphatic heterocycles. The van der Waals surface area contributed by atoms with Crippen LogP contribution in [0.15, 0.2) is 31.1 Å². The van der Waals surface area contributed by atoms with Gasteiger partial charge in [0.1, 0.15) is 18.6 Å². The lowest BCUT2D eigenvalue weighted by Crippen LogP contribution is -2.55. The number of aryl methyl sites for hydroxylation is 1. The number of hydrogen-bond donors (Lipinski definition) is 0. The molecule has 1 aromatic rings. The summed E-state index contributed by atoms with van der Waals surface area (Å²) in [6.45, 7) is 5.49. The zero-order valence-corrected chi connectivity index (χ0v) is 15.7. The van der Waals surface area contributed by atoms with E-state index in [9.17, 15) is 5.26 Å². The molecule has 5 heteroatoms. The molecule has 0 amide bonds. The lowest BCUT2D eigenvalue weighted by molar-refractivity contribution is -0.936. The minimum atomic E-state index is -0.224. The van der Waals surface area contributed by atoms with E-state index >= 15 is 0 Å². The van der Waals surface area contributed by atoms with Gasteiger partial charge in [-0.3, -0.25) is 0 Å². The highest BCUT2D eigenvalue weighted by atomic mass is 15.6. The van der Waals surface area contributed by atoms with Crippen molar-refractivity contribution in [3.63, 3.8) is 0 Å². The first kappa shape index (κ1) is 18.5. The Morgan fingerprint density at radius 2 is 1.96 bits per heavy atom. The third-order valence-electron chi connectivity index (χ3n) is 5.41. The molecule has 24 heavy (non-hydrogen) atoms. The molecule has 2 rings (SSSR count). The lowest BCUT2D eigenvalue weighted by Gasteiger charge is -2.39. The van der Waals surface area contributed by atoms with Crippen molar-refractivity contribution < 1.29 is 9.05 Å². The Bertz CT molecular complexity index is 585. The summed E-state index contributed by atoms with van der Waals surface area (Å²) >= 11 is 0. The van der Waals surface area contributed by atoms with E-state index in [0.29, 0.717) is 4.48 Å². The summed E-state index contributed by atoms with van der Waals surface area (Å²) in [6.07, 6.45) is 18.1. The molecule has 0 radical (unpaired) electrons. The van der Waals surface area contributed by atoms with E-state index < -0.39 is 0 Å². The van der Waals surface area contributed by atoms with E-state index in [1.807, 2.05) is 30.3 Å². The van der Waals surface area contributed by atoms with Crippen LogP contribution in [-0.4, -0.2) is 33.7 Å². The molecular formula is C19H33N5+2. The Hall–Kier alpha value is -1.80. The highest BCUT2D eigenvalue weighted by Crippen LogP contribution is 2.34. The fraction of sp³-hybridized carbons (Fsp3) is 0.684. The number of quaternary nitrogens is 1. The highest BCUT2D eigenvalue weighted by Gasteiger charge is 2.48. The average molecular weight is 332 g/mol. The highest BCUT2D eigenvalue weighted by molar-refractivity contribution is 4.93. The van der Waals surface area contributed by atoms with Gasteiger partial charge in [0.2, 0.25) is 6.33 Å². The lowest BCUT2D eigenvalue weighted by atomic mass is 10.1. The average Bonchev–Trinajstić information content (AvgIpc) is 3.11. The van der Waals surface area contributed by atoms with Crippen LogP contribution in [-0.2, 0) is 7.05 Å². The maximum atomic E-state index is 9.94. The topological polar surface area (TPSA) is 35.8 Å². The van der Waals surface area contributed by atoms with E-state index in [1.54, 1.807) is 0 Å². The Balaban J connectivity index is 2.12. The van der Waals surface area contributed by atoms with Crippen molar-refractivity contribution in [2.24, 2.45) is 7.05 Å². The molecule has 1 aromatic heterocycles. The fourth-order valence-electron chi connectivity index (χ4n) is 3.69. The molecular weight excluding hydrogens is 298 g/mol. The minimum Gasteiger partial charge on any atom is -0.327 e. The number of imidazole rings is 1. The minimum absolute atomic E-state index is 0.224. The van der Waals surface area contributed by atoms with Crippen LogP contribution in [0.4, 0.5) is 0 Å². The first-order valence-corrected chi connectivity index (χ1v) is 9.26. The van der Waals surface area contributed by atoms with Crippen LogP contribution in [0.3, 0.4) is 0 Å². The Kier molecular flexibility index (Phi) is 6.44. The smallest absolute Gasteiger partial charge is 0.325 e. The zero-order chi connectivity index (χ0) is 17.6. The van der Waals surface area contributed by atoms with Gasteiger partial charge in [-0.2, -0.15) is 9.83 Å². The van der Waals surface area contributed by atoms with Gasteiger partial charge >= 0.3 is 6.17 Å². The summed E-state index contributed by atoms with van der Waals surface area (Å²) < 4.78 is 4.74. The Morgan fingerprint density at radius 1 is 1.25 bits per heavy atom. The molecule has 0 saturated heterocycles. The number of aromatic nitrogens is 2. The second-order valence-corrected chi connectivity index (χ2v) is 7.11. The molecule has 0 bridgehead atoms. The van der Waals surface area contributed by atoms with Crippen molar-refractivity contribution in [3.8, 4) is 6.07 Å². The maximum absolute atomic E-state index is 9.94. The van der Waals surface area contributed by atoms with E-state index in [1.165, 1.54) is 32.1 Å². The molecule has 5 nitrogen and oxygen atoms in total. The molecule has 2 heterocycles. The van der Waals surface area contributed by atoms with Crippen molar-refractivity contribution in [2.75, 3.05) is 13.6 Å². The fourth-order valence-corrected chi connectivity index (χ4v) is 3.69. The van der Waals surface area contributed by atoms with Crippen molar-refractivity contribution in [1.82, 2.24) is 9.47 Å².